The summed E-state index contributed by atoms with van der Waals surface area (Å²) in [5, 5.41) is 0. The van der Waals surface area contributed by atoms with Gasteiger partial charge in [-0.15, -0.1) is 0 Å². The van der Waals surface area contributed by atoms with Gasteiger partial charge < -0.3 is 0 Å². The highest BCUT2D eigenvalue weighted by Gasteiger charge is 2.25. The SMILES string of the molecule is ClC(Cl)(Cl)C[C]1CCCCCC1. The Bertz CT molecular complexity index is 120. The number of rotatable bonds is 1. The molecule has 0 heterocycles. The van der Waals surface area contributed by atoms with Crippen molar-refractivity contribution in [3.63, 3.8) is 0 Å². The molecule has 1 radical (unpaired) electrons. The highest BCUT2D eigenvalue weighted by atomic mass is 35.6. The molecule has 1 rings (SSSR count). The third-order valence-corrected chi connectivity index (χ3v) is 2.66. The van der Waals surface area contributed by atoms with E-state index in [1.54, 1.807) is 0 Å². The van der Waals surface area contributed by atoms with Gasteiger partial charge in [-0.25, -0.2) is 0 Å². The second-order valence-corrected chi connectivity index (χ2v) is 5.97. The van der Waals surface area contributed by atoms with Gasteiger partial charge in [0, 0.05) is 6.42 Å². The third kappa shape index (κ3) is 4.79. The molecule has 0 aromatic carbocycles. The zero-order valence-electron chi connectivity index (χ0n) is 7.08. The normalized spacial score (nSPS) is 22.2. The molecule has 0 atom stereocenters. The van der Waals surface area contributed by atoms with Crippen molar-refractivity contribution >= 4 is 34.8 Å². The van der Waals surface area contributed by atoms with Crippen LogP contribution in [0.4, 0.5) is 0 Å². The standard InChI is InChI=1S/C9H14Cl3/c10-9(11,12)7-8-5-3-1-2-4-6-8/h1-7H2. The van der Waals surface area contributed by atoms with Crippen molar-refractivity contribution in [2.24, 2.45) is 0 Å². The van der Waals surface area contributed by atoms with E-state index in [-0.39, 0.29) is 0 Å². The Labute approximate surface area is 89.6 Å². The van der Waals surface area contributed by atoms with E-state index in [0.717, 1.165) is 12.8 Å². The molecule has 0 aromatic heterocycles. The molecule has 1 aliphatic carbocycles. The predicted molar refractivity (Wildman–Crippen MR) is 55.9 cm³/mol. The molecule has 1 fully saturated rings. The van der Waals surface area contributed by atoms with Gasteiger partial charge in [0.15, 0.2) is 3.79 Å². The summed E-state index contributed by atoms with van der Waals surface area (Å²) in [6.45, 7) is 0. The lowest BCUT2D eigenvalue weighted by molar-refractivity contribution is 0.667. The van der Waals surface area contributed by atoms with Gasteiger partial charge in [-0.05, 0) is 18.8 Å². The smallest absolute Gasteiger partial charge is 0.0837 e. The molecule has 0 nitrogen and oxygen atoms in total. The Hall–Kier alpha value is 0.870. The van der Waals surface area contributed by atoms with Crippen molar-refractivity contribution in [2.75, 3.05) is 0 Å². The van der Waals surface area contributed by atoms with Crippen molar-refractivity contribution < 1.29 is 0 Å². The van der Waals surface area contributed by atoms with Gasteiger partial charge in [0.2, 0.25) is 0 Å². The summed E-state index contributed by atoms with van der Waals surface area (Å²) in [7, 11) is 0. The fraction of sp³-hybridized carbons (Fsp3) is 0.889. The second-order valence-electron chi connectivity index (χ2n) is 3.46. The van der Waals surface area contributed by atoms with E-state index in [4.69, 9.17) is 34.8 Å². The highest BCUT2D eigenvalue weighted by Crippen LogP contribution is 2.39. The zero-order chi connectivity index (χ0) is 9.03. The van der Waals surface area contributed by atoms with Crippen LogP contribution in [0.25, 0.3) is 0 Å². The summed E-state index contributed by atoms with van der Waals surface area (Å²) in [5.74, 6) is 1.44. The highest BCUT2D eigenvalue weighted by molar-refractivity contribution is 6.67. The largest absolute Gasteiger partial charge is 0.191 e. The van der Waals surface area contributed by atoms with Crippen LogP contribution in [-0.2, 0) is 0 Å². The third-order valence-electron chi connectivity index (χ3n) is 2.26. The minimum Gasteiger partial charge on any atom is -0.0837 e. The van der Waals surface area contributed by atoms with E-state index >= 15 is 0 Å². The van der Waals surface area contributed by atoms with Gasteiger partial charge in [-0.2, -0.15) is 0 Å². The number of hydrogen-bond donors (Lipinski definition) is 0. The molecule has 71 valence electrons. The van der Waals surface area contributed by atoms with E-state index in [0.29, 0.717) is 6.42 Å². The Morgan fingerprint density at radius 3 is 1.83 bits per heavy atom. The van der Waals surface area contributed by atoms with Crippen LogP contribution in [0.5, 0.6) is 0 Å². The van der Waals surface area contributed by atoms with Gasteiger partial charge >= 0.3 is 0 Å². The average molecular weight is 229 g/mol. The molecule has 0 bridgehead atoms. The van der Waals surface area contributed by atoms with E-state index in [2.05, 4.69) is 0 Å². The average Bonchev–Trinajstić information content (AvgIpc) is 2.12. The topological polar surface area (TPSA) is 0 Å². The Morgan fingerprint density at radius 2 is 1.42 bits per heavy atom. The molecule has 0 amide bonds. The lowest BCUT2D eigenvalue weighted by Crippen LogP contribution is -2.09. The molecular weight excluding hydrogens is 214 g/mol. The molecule has 0 saturated heterocycles. The predicted octanol–water partition coefficient (Wildman–Crippen LogP) is 4.68. The lowest BCUT2D eigenvalue weighted by atomic mass is 9.97. The molecule has 0 spiro atoms. The van der Waals surface area contributed by atoms with E-state index in [1.807, 2.05) is 0 Å². The molecule has 0 unspecified atom stereocenters. The summed E-state index contributed by atoms with van der Waals surface area (Å²) in [6.07, 6.45) is 8.19. The van der Waals surface area contributed by atoms with Crippen molar-refractivity contribution in [1.82, 2.24) is 0 Å². The summed E-state index contributed by atoms with van der Waals surface area (Å²) in [5.41, 5.74) is 0. The van der Waals surface area contributed by atoms with Crippen LogP contribution in [-0.4, -0.2) is 3.79 Å². The minimum atomic E-state index is -1.07. The first-order valence-corrected chi connectivity index (χ1v) is 5.62. The van der Waals surface area contributed by atoms with Crippen LogP contribution in [0, 0.1) is 5.92 Å². The molecular formula is C9H14Cl3. The van der Waals surface area contributed by atoms with Gasteiger partial charge in [0.05, 0.1) is 0 Å². The van der Waals surface area contributed by atoms with Crippen molar-refractivity contribution in [3.8, 4) is 0 Å². The molecule has 0 aliphatic heterocycles. The fourth-order valence-electron chi connectivity index (χ4n) is 1.69. The molecule has 3 heteroatoms. The molecule has 1 aliphatic rings. The van der Waals surface area contributed by atoms with Crippen molar-refractivity contribution in [3.05, 3.63) is 5.92 Å². The van der Waals surface area contributed by atoms with Crippen LogP contribution in [0.2, 0.25) is 0 Å². The van der Waals surface area contributed by atoms with E-state index in [1.165, 1.54) is 31.6 Å². The summed E-state index contributed by atoms with van der Waals surface area (Å²) >= 11 is 17.2. The maximum atomic E-state index is 5.73. The maximum absolute atomic E-state index is 5.73. The number of hydrogen-bond acceptors (Lipinski definition) is 0. The zero-order valence-corrected chi connectivity index (χ0v) is 9.35. The van der Waals surface area contributed by atoms with E-state index in [9.17, 15) is 0 Å². The van der Waals surface area contributed by atoms with Crippen molar-refractivity contribution in [2.45, 2.75) is 48.7 Å². The van der Waals surface area contributed by atoms with Crippen molar-refractivity contribution in [1.29, 1.82) is 0 Å². The summed E-state index contributed by atoms with van der Waals surface area (Å²) in [6, 6.07) is 0. The van der Waals surface area contributed by atoms with Gasteiger partial charge in [0.1, 0.15) is 0 Å². The van der Waals surface area contributed by atoms with Crippen LogP contribution < -0.4 is 0 Å². The van der Waals surface area contributed by atoms with Crippen LogP contribution in [0.15, 0.2) is 0 Å². The Kier molecular flexibility index (Phi) is 4.50. The summed E-state index contributed by atoms with van der Waals surface area (Å²) < 4.78 is -1.07. The first-order valence-electron chi connectivity index (χ1n) is 4.48. The monoisotopic (exact) mass is 227 g/mol. The van der Waals surface area contributed by atoms with Gasteiger partial charge in [-0.3, -0.25) is 0 Å². The maximum Gasteiger partial charge on any atom is 0.191 e. The minimum absolute atomic E-state index is 0.650. The Balaban J connectivity index is 2.30. The molecule has 0 aromatic rings. The van der Waals surface area contributed by atoms with Gasteiger partial charge in [0.25, 0.3) is 0 Å². The van der Waals surface area contributed by atoms with Gasteiger partial charge in [-0.1, -0.05) is 60.5 Å². The number of alkyl halides is 3. The first kappa shape index (κ1) is 10.9. The van der Waals surface area contributed by atoms with E-state index < -0.39 is 3.79 Å². The molecule has 1 saturated carbocycles. The molecule has 0 N–H and O–H groups in total. The fourth-order valence-corrected chi connectivity index (χ4v) is 2.26. The first-order chi connectivity index (χ1) is 5.58. The second kappa shape index (κ2) is 4.93. The number of halogens is 3. The van der Waals surface area contributed by atoms with Crippen LogP contribution >= 0.6 is 34.8 Å². The lowest BCUT2D eigenvalue weighted by Gasteiger charge is -2.18. The molecule has 12 heavy (non-hydrogen) atoms. The Morgan fingerprint density at radius 1 is 0.917 bits per heavy atom. The quantitative estimate of drug-likeness (QED) is 0.452. The van der Waals surface area contributed by atoms with Crippen LogP contribution in [0.3, 0.4) is 0 Å². The summed E-state index contributed by atoms with van der Waals surface area (Å²) in [4.78, 5) is 0. The van der Waals surface area contributed by atoms with Crippen LogP contribution in [0.1, 0.15) is 44.9 Å².